The van der Waals surface area contributed by atoms with Gasteiger partial charge in [-0.15, -0.1) is 22.7 Å². The van der Waals surface area contributed by atoms with E-state index in [0.29, 0.717) is 37.8 Å². The fourth-order valence-electron chi connectivity index (χ4n) is 3.89. The molecular formula is C25H21N5O4S2. The molecule has 0 radical (unpaired) electrons. The first-order valence-corrected chi connectivity index (χ1v) is 12.6. The maximum absolute atomic E-state index is 13.2. The van der Waals surface area contributed by atoms with Crippen LogP contribution in [0.2, 0.25) is 0 Å². The number of amides is 2. The number of ether oxygens (including phenoxy) is 1. The Hall–Kier alpha value is -4.09. The van der Waals surface area contributed by atoms with Gasteiger partial charge in [0.15, 0.2) is 0 Å². The Morgan fingerprint density at radius 2 is 1.89 bits per heavy atom. The largest absolute Gasteiger partial charge is 0.495 e. The van der Waals surface area contributed by atoms with Gasteiger partial charge in [-0.3, -0.25) is 19.0 Å². The number of fused-ring (bicyclic) bond motifs is 2. The Morgan fingerprint density at radius 3 is 2.69 bits per heavy atom. The number of aromatic nitrogens is 3. The van der Waals surface area contributed by atoms with Crippen molar-refractivity contribution in [3.8, 4) is 5.75 Å². The molecule has 5 aromatic rings. The number of anilines is 2. The van der Waals surface area contributed by atoms with Gasteiger partial charge in [0.1, 0.15) is 17.1 Å². The highest BCUT2D eigenvalue weighted by Crippen LogP contribution is 2.30. The number of rotatable bonds is 6. The number of hydrogen-bond acceptors (Lipinski definition) is 8. The molecule has 9 nitrogen and oxygen atoms in total. The molecule has 0 aliphatic heterocycles. The number of nitrogens with zero attached hydrogens (tertiary/aromatic N) is 3. The van der Waals surface area contributed by atoms with Gasteiger partial charge in [-0.05, 0) is 49.7 Å². The molecule has 2 amide bonds. The van der Waals surface area contributed by atoms with E-state index < -0.39 is 0 Å². The van der Waals surface area contributed by atoms with Crippen molar-refractivity contribution in [3.63, 3.8) is 0 Å². The Kier molecular flexibility index (Phi) is 6.25. The van der Waals surface area contributed by atoms with Crippen LogP contribution in [-0.4, -0.2) is 33.5 Å². The van der Waals surface area contributed by atoms with Gasteiger partial charge in [0.25, 0.3) is 11.5 Å². The third-order valence-electron chi connectivity index (χ3n) is 5.57. The predicted octanol–water partition coefficient (Wildman–Crippen LogP) is 4.58. The van der Waals surface area contributed by atoms with Crippen LogP contribution >= 0.6 is 22.7 Å². The fourth-order valence-corrected chi connectivity index (χ4v) is 5.79. The highest BCUT2D eigenvalue weighted by Gasteiger charge is 2.21. The zero-order valence-corrected chi connectivity index (χ0v) is 21.3. The normalized spacial score (nSPS) is 11.1. The number of benzene rings is 2. The molecule has 0 atom stereocenters. The van der Waals surface area contributed by atoms with Crippen molar-refractivity contribution in [2.75, 3.05) is 17.7 Å². The molecule has 0 spiro atoms. The van der Waals surface area contributed by atoms with E-state index in [9.17, 15) is 14.4 Å². The molecule has 3 aromatic heterocycles. The average Bonchev–Trinajstić information content (AvgIpc) is 3.40. The highest BCUT2D eigenvalue weighted by atomic mass is 32.1. The molecule has 0 aliphatic carbocycles. The SMILES string of the molecule is COc1ccccc1NC(=O)c1sc2ncn(CC(=O)Nc3ccc4nc(C)sc4c3)c(=O)c2c1C. The van der Waals surface area contributed by atoms with Crippen LogP contribution in [0.15, 0.2) is 53.6 Å². The van der Waals surface area contributed by atoms with E-state index in [4.69, 9.17) is 4.74 Å². The van der Waals surface area contributed by atoms with Crippen molar-refractivity contribution >= 4 is 66.3 Å². The van der Waals surface area contributed by atoms with Crippen molar-refractivity contribution in [2.24, 2.45) is 0 Å². The molecule has 3 heterocycles. The van der Waals surface area contributed by atoms with Gasteiger partial charge >= 0.3 is 0 Å². The summed E-state index contributed by atoms with van der Waals surface area (Å²) in [5.74, 6) is -0.195. The van der Waals surface area contributed by atoms with E-state index in [1.54, 1.807) is 48.6 Å². The quantitative estimate of drug-likeness (QED) is 0.339. The molecule has 2 aromatic carbocycles. The number of hydrogen-bond donors (Lipinski definition) is 2. The fraction of sp³-hybridized carbons (Fsp3) is 0.160. The van der Waals surface area contributed by atoms with Crippen LogP contribution in [0, 0.1) is 13.8 Å². The van der Waals surface area contributed by atoms with Crippen LogP contribution in [-0.2, 0) is 11.3 Å². The van der Waals surface area contributed by atoms with Crippen LogP contribution in [0.3, 0.4) is 0 Å². The smallest absolute Gasteiger partial charge is 0.266 e. The zero-order chi connectivity index (χ0) is 25.4. The Morgan fingerprint density at radius 1 is 1.08 bits per heavy atom. The molecule has 0 saturated carbocycles. The summed E-state index contributed by atoms with van der Waals surface area (Å²) in [5.41, 5.74) is 2.16. The Bertz CT molecular complexity index is 1700. The van der Waals surface area contributed by atoms with Crippen molar-refractivity contribution < 1.29 is 14.3 Å². The molecule has 0 fully saturated rings. The summed E-state index contributed by atoms with van der Waals surface area (Å²) < 4.78 is 7.51. The minimum atomic E-state index is -0.381. The second-order valence-electron chi connectivity index (χ2n) is 8.03. The van der Waals surface area contributed by atoms with Crippen molar-refractivity contribution in [1.82, 2.24) is 14.5 Å². The molecule has 182 valence electrons. The number of methoxy groups -OCH3 is 1. The minimum absolute atomic E-state index is 0.209. The number of thiophene rings is 1. The van der Waals surface area contributed by atoms with Crippen molar-refractivity contribution in [1.29, 1.82) is 0 Å². The van der Waals surface area contributed by atoms with Gasteiger partial charge in [0.05, 0.1) is 44.6 Å². The first kappa shape index (κ1) is 23.6. The number of carbonyl (C=O) groups is 2. The van der Waals surface area contributed by atoms with E-state index >= 15 is 0 Å². The minimum Gasteiger partial charge on any atom is -0.495 e. The first-order chi connectivity index (χ1) is 17.3. The molecular weight excluding hydrogens is 498 g/mol. The maximum Gasteiger partial charge on any atom is 0.266 e. The summed E-state index contributed by atoms with van der Waals surface area (Å²) in [4.78, 5) is 48.4. The summed E-state index contributed by atoms with van der Waals surface area (Å²) in [7, 11) is 1.52. The standard InChI is InChI=1S/C25H21N5O4S2/c1-13-21-24(36-22(13)23(32)29-16-6-4-5-7-18(16)34-3)26-12-30(25(21)33)11-20(31)28-15-8-9-17-19(10-15)35-14(2)27-17/h4-10,12H,11H2,1-3H3,(H,28,31)(H,29,32). The summed E-state index contributed by atoms with van der Waals surface area (Å²) in [6.07, 6.45) is 1.33. The lowest BCUT2D eigenvalue weighted by Crippen LogP contribution is -2.27. The van der Waals surface area contributed by atoms with Crippen LogP contribution in [0.5, 0.6) is 5.75 Å². The lowest BCUT2D eigenvalue weighted by molar-refractivity contribution is -0.116. The average molecular weight is 520 g/mol. The molecule has 11 heteroatoms. The number of nitrogens with one attached hydrogen (secondary N) is 2. The van der Waals surface area contributed by atoms with Crippen LogP contribution in [0.1, 0.15) is 20.2 Å². The summed E-state index contributed by atoms with van der Waals surface area (Å²) >= 11 is 2.67. The van der Waals surface area contributed by atoms with E-state index in [0.717, 1.165) is 26.6 Å². The maximum atomic E-state index is 13.2. The van der Waals surface area contributed by atoms with Crippen LogP contribution in [0.25, 0.3) is 20.4 Å². The van der Waals surface area contributed by atoms with Crippen LogP contribution in [0.4, 0.5) is 11.4 Å². The van der Waals surface area contributed by atoms with Gasteiger partial charge in [0, 0.05) is 5.69 Å². The number of aryl methyl sites for hydroxylation is 2. The molecule has 0 bridgehead atoms. The molecule has 2 N–H and O–H groups in total. The number of thiazole rings is 1. The topological polar surface area (TPSA) is 115 Å². The van der Waals surface area contributed by atoms with Gasteiger partial charge in [-0.2, -0.15) is 0 Å². The third-order valence-corrected chi connectivity index (χ3v) is 7.70. The Balaban J connectivity index is 1.38. The third kappa shape index (κ3) is 4.45. The van der Waals surface area contributed by atoms with Gasteiger partial charge < -0.3 is 15.4 Å². The van der Waals surface area contributed by atoms with Gasteiger partial charge in [-0.1, -0.05) is 12.1 Å². The summed E-state index contributed by atoms with van der Waals surface area (Å²) in [5, 5.41) is 6.92. The highest BCUT2D eigenvalue weighted by molar-refractivity contribution is 7.20. The molecule has 0 saturated heterocycles. The van der Waals surface area contributed by atoms with Crippen molar-refractivity contribution in [2.45, 2.75) is 20.4 Å². The van der Waals surface area contributed by atoms with E-state index in [1.165, 1.54) is 18.0 Å². The monoisotopic (exact) mass is 519 g/mol. The second kappa shape index (κ2) is 9.51. The summed E-state index contributed by atoms with van der Waals surface area (Å²) in [6, 6.07) is 12.6. The molecule has 36 heavy (non-hydrogen) atoms. The molecule has 0 unspecified atom stereocenters. The van der Waals surface area contributed by atoms with Crippen molar-refractivity contribution in [3.05, 3.63) is 74.6 Å². The predicted molar refractivity (Wildman–Crippen MR) is 143 cm³/mol. The summed E-state index contributed by atoms with van der Waals surface area (Å²) in [6.45, 7) is 3.42. The zero-order valence-electron chi connectivity index (χ0n) is 19.6. The van der Waals surface area contributed by atoms with E-state index in [-0.39, 0.29) is 23.9 Å². The molecule has 5 rings (SSSR count). The molecule has 0 aliphatic rings. The van der Waals surface area contributed by atoms with Gasteiger partial charge in [-0.25, -0.2) is 9.97 Å². The van der Waals surface area contributed by atoms with Gasteiger partial charge in [0.2, 0.25) is 5.91 Å². The Labute approximate surface area is 213 Å². The lowest BCUT2D eigenvalue weighted by Gasteiger charge is -2.09. The van der Waals surface area contributed by atoms with Crippen LogP contribution < -0.4 is 20.9 Å². The van der Waals surface area contributed by atoms with E-state index in [2.05, 4.69) is 20.6 Å². The number of carbonyl (C=O) groups excluding carboxylic acids is 2. The lowest BCUT2D eigenvalue weighted by atomic mass is 10.2. The van der Waals surface area contributed by atoms with E-state index in [1.807, 2.05) is 19.1 Å². The second-order valence-corrected chi connectivity index (χ2v) is 10.3. The first-order valence-electron chi connectivity index (χ1n) is 10.9. The number of para-hydroxylation sites is 2.